The maximum Gasteiger partial charge on any atom is 0.255 e. The van der Waals surface area contributed by atoms with E-state index in [0.29, 0.717) is 30.9 Å². The molecule has 0 bridgehead atoms. The van der Waals surface area contributed by atoms with Crippen molar-refractivity contribution in [2.75, 3.05) is 19.6 Å². The predicted octanol–water partition coefficient (Wildman–Crippen LogP) is 3.45. The zero-order valence-corrected chi connectivity index (χ0v) is 19.1. The van der Waals surface area contributed by atoms with Crippen molar-refractivity contribution in [2.24, 2.45) is 11.8 Å². The fraction of sp³-hybridized carbons (Fsp3) is 0.654. The maximum absolute atomic E-state index is 12.9. The Morgan fingerprint density at radius 2 is 1.72 bits per heavy atom. The van der Waals surface area contributed by atoms with Crippen LogP contribution >= 0.6 is 0 Å². The molecule has 6 nitrogen and oxygen atoms in total. The Morgan fingerprint density at radius 1 is 0.969 bits per heavy atom. The summed E-state index contributed by atoms with van der Waals surface area (Å²) >= 11 is 0. The first-order valence-corrected chi connectivity index (χ1v) is 12.5. The molecule has 6 heteroatoms. The van der Waals surface area contributed by atoms with Crippen molar-refractivity contribution in [1.29, 1.82) is 0 Å². The Labute approximate surface area is 190 Å². The van der Waals surface area contributed by atoms with Gasteiger partial charge in [0.05, 0.1) is 0 Å². The van der Waals surface area contributed by atoms with Gasteiger partial charge in [0.2, 0.25) is 11.8 Å². The van der Waals surface area contributed by atoms with Crippen LogP contribution in [0.15, 0.2) is 18.2 Å². The molecule has 32 heavy (non-hydrogen) atoms. The Hall–Kier alpha value is -2.21. The van der Waals surface area contributed by atoms with Gasteiger partial charge in [-0.05, 0) is 80.1 Å². The van der Waals surface area contributed by atoms with Crippen LogP contribution in [0.1, 0.15) is 85.7 Å². The average molecular weight is 438 g/mol. The molecular formula is C26H35N3O3. The third-order valence-corrected chi connectivity index (χ3v) is 8.26. The number of nitrogens with zero attached hydrogens (tertiary/aromatic N) is 2. The van der Waals surface area contributed by atoms with Crippen molar-refractivity contribution in [2.45, 2.75) is 76.8 Å². The lowest BCUT2D eigenvalue weighted by Crippen LogP contribution is -2.52. The topological polar surface area (TPSA) is 69.7 Å². The fourth-order valence-electron chi connectivity index (χ4n) is 6.17. The van der Waals surface area contributed by atoms with E-state index in [1.165, 1.54) is 50.6 Å². The highest BCUT2D eigenvalue weighted by molar-refractivity contribution is 6.05. The molecule has 5 rings (SSSR count). The molecule has 4 aliphatic rings. The normalized spacial score (nSPS) is 29.8. The van der Waals surface area contributed by atoms with E-state index in [1.54, 1.807) is 4.90 Å². The second kappa shape index (κ2) is 8.97. The van der Waals surface area contributed by atoms with Crippen molar-refractivity contribution >= 4 is 17.7 Å². The van der Waals surface area contributed by atoms with Crippen molar-refractivity contribution in [3.8, 4) is 0 Å². The van der Waals surface area contributed by atoms with E-state index in [0.717, 1.165) is 30.5 Å². The van der Waals surface area contributed by atoms with Gasteiger partial charge in [0, 0.05) is 25.1 Å². The van der Waals surface area contributed by atoms with Gasteiger partial charge in [-0.3, -0.25) is 19.7 Å². The van der Waals surface area contributed by atoms with Crippen LogP contribution in [0.25, 0.3) is 0 Å². The van der Waals surface area contributed by atoms with Crippen LogP contribution in [-0.2, 0) is 16.1 Å². The summed E-state index contributed by atoms with van der Waals surface area (Å²) < 4.78 is 0. The van der Waals surface area contributed by atoms with E-state index >= 15 is 0 Å². The third kappa shape index (κ3) is 4.34. The molecule has 3 aliphatic heterocycles. The van der Waals surface area contributed by atoms with Crippen LogP contribution in [-0.4, -0.2) is 53.2 Å². The number of nitrogens with one attached hydrogen (secondary N) is 1. The van der Waals surface area contributed by atoms with Crippen molar-refractivity contribution in [1.82, 2.24) is 15.1 Å². The summed E-state index contributed by atoms with van der Waals surface area (Å²) in [5.41, 5.74) is 3.06. The fourth-order valence-corrected chi connectivity index (χ4v) is 6.17. The molecule has 1 aliphatic carbocycles. The van der Waals surface area contributed by atoms with Crippen LogP contribution < -0.4 is 5.32 Å². The maximum atomic E-state index is 12.9. The smallest absolute Gasteiger partial charge is 0.255 e. The van der Waals surface area contributed by atoms with Gasteiger partial charge in [0.25, 0.3) is 5.91 Å². The van der Waals surface area contributed by atoms with E-state index in [1.807, 2.05) is 6.07 Å². The number of imide groups is 1. The molecule has 1 aromatic rings. The first-order valence-electron chi connectivity index (χ1n) is 12.5. The average Bonchev–Trinajstić information content (AvgIpc) is 3.11. The highest BCUT2D eigenvalue weighted by Gasteiger charge is 2.39. The minimum Gasteiger partial charge on any atom is -0.322 e. The summed E-state index contributed by atoms with van der Waals surface area (Å²) in [5.74, 6) is 1.66. The number of carbonyl (C=O) groups is 3. The van der Waals surface area contributed by atoms with E-state index in [9.17, 15) is 14.4 Å². The summed E-state index contributed by atoms with van der Waals surface area (Å²) in [4.78, 5) is 40.9. The van der Waals surface area contributed by atoms with Gasteiger partial charge in [0.1, 0.15) is 6.04 Å². The molecule has 3 fully saturated rings. The van der Waals surface area contributed by atoms with Gasteiger partial charge in [-0.25, -0.2) is 0 Å². The lowest BCUT2D eigenvalue weighted by molar-refractivity contribution is -0.136. The van der Waals surface area contributed by atoms with Crippen LogP contribution in [0, 0.1) is 11.8 Å². The monoisotopic (exact) mass is 437 g/mol. The minimum absolute atomic E-state index is 0.0855. The molecule has 2 saturated heterocycles. The van der Waals surface area contributed by atoms with Gasteiger partial charge in [-0.2, -0.15) is 0 Å². The molecule has 172 valence electrons. The lowest BCUT2D eigenvalue weighted by atomic mass is 9.82. The van der Waals surface area contributed by atoms with E-state index in [2.05, 4.69) is 29.3 Å². The first-order chi connectivity index (χ1) is 15.5. The molecule has 0 radical (unpaired) electrons. The zero-order chi connectivity index (χ0) is 22.2. The summed E-state index contributed by atoms with van der Waals surface area (Å²) in [5, 5.41) is 2.38. The molecule has 1 atom stereocenters. The Morgan fingerprint density at radius 3 is 2.44 bits per heavy atom. The van der Waals surface area contributed by atoms with Crippen LogP contribution in [0.3, 0.4) is 0 Å². The molecule has 3 heterocycles. The molecule has 0 aromatic heterocycles. The summed E-state index contributed by atoms with van der Waals surface area (Å²) in [6.45, 7) is 6.44. The number of hydrogen-bond acceptors (Lipinski definition) is 4. The van der Waals surface area contributed by atoms with Gasteiger partial charge in [0.15, 0.2) is 0 Å². The van der Waals surface area contributed by atoms with Crippen molar-refractivity contribution in [3.05, 3.63) is 34.9 Å². The Balaban J connectivity index is 1.19. The van der Waals surface area contributed by atoms with Gasteiger partial charge in [-0.1, -0.05) is 31.9 Å². The summed E-state index contributed by atoms with van der Waals surface area (Å²) in [6, 6.07) is 5.73. The zero-order valence-electron chi connectivity index (χ0n) is 19.1. The lowest BCUT2D eigenvalue weighted by Gasteiger charge is -2.36. The van der Waals surface area contributed by atoms with E-state index < -0.39 is 6.04 Å². The SMILES string of the molecule is CC1CCC(CN2CCC(c3ccc4c(c3)CN(C3CCC(=O)NC3=O)C4=O)CC2)CC1. The second-order valence-corrected chi connectivity index (χ2v) is 10.5. The number of likely N-dealkylation sites (tertiary alicyclic amines) is 1. The number of piperidine rings is 2. The quantitative estimate of drug-likeness (QED) is 0.733. The van der Waals surface area contributed by atoms with Crippen LogP contribution in [0.5, 0.6) is 0 Å². The molecule has 3 amide bonds. The van der Waals surface area contributed by atoms with Crippen LogP contribution in [0.2, 0.25) is 0 Å². The predicted molar refractivity (Wildman–Crippen MR) is 122 cm³/mol. The molecule has 1 aromatic carbocycles. The molecule has 1 N–H and O–H groups in total. The standard InChI is InChI=1S/C26H35N3O3/c1-17-2-4-18(5-3-17)15-28-12-10-19(11-13-28)20-6-7-22-21(14-20)16-29(26(22)32)23-8-9-24(30)27-25(23)31/h6-7,14,17-19,23H,2-5,8-13,15-16H2,1H3,(H,27,30,31). The summed E-state index contributed by atoms with van der Waals surface area (Å²) in [6.07, 6.45) is 8.62. The largest absolute Gasteiger partial charge is 0.322 e. The molecule has 0 spiro atoms. The van der Waals surface area contributed by atoms with Gasteiger partial charge in [-0.15, -0.1) is 0 Å². The van der Waals surface area contributed by atoms with Gasteiger partial charge >= 0.3 is 0 Å². The Kier molecular flexibility index (Phi) is 6.06. The highest BCUT2D eigenvalue weighted by atomic mass is 16.2. The third-order valence-electron chi connectivity index (χ3n) is 8.26. The minimum atomic E-state index is -0.540. The van der Waals surface area contributed by atoms with Crippen molar-refractivity contribution < 1.29 is 14.4 Å². The Bertz CT molecular complexity index is 898. The number of hydrogen-bond donors (Lipinski definition) is 1. The molecule has 1 saturated carbocycles. The van der Waals surface area contributed by atoms with Crippen LogP contribution in [0.4, 0.5) is 0 Å². The van der Waals surface area contributed by atoms with E-state index in [4.69, 9.17) is 0 Å². The number of carbonyl (C=O) groups excluding carboxylic acids is 3. The van der Waals surface area contributed by atoms with Crippen molar-refractivity contribution in [3.63, 3.8) is 0 Å². The van der Waals surface area contributed by atoms with Gasteiger partial charge < -0.3 is 9.80 Å². The number of amides is 3. The number of fused-ring (bicyclic) bond motifs is 1. The second-order valence-electron chi connectivity index (χ2n) is 10.5. The molecular weight excluding hydrogens is 402 g/mol. The first kappa shape index (κ1) is 21.6. The number of benzene rings is 1. The summed E-state index contributed by atoms with van der Waals surface area (Å²) in [7, 11) is 0. The molecule has 1 unspecified atom stereocenters. The highest BCUT2D eigenvalue weighted by Crippen LogP contribution is 2.35. The number of rotatable bonds is 4. The van der Waals surface area contributed by atoms with E-state index in [-0.39, 0.29) is 17.7 Å².